The first-order valence-corrected chi connectivity index (χ1v) is 5.37. The Morgan fingerprint density at radius 1 is 1.39 bits per heavy atom. The fraction of sp³-hybridized carbons (Fsp3) is 0.333. The highest BCUT2D eigenvalue weighted by Crippen LogP contribution is 2.28. The van der Waals surface area contributed by atoms with E-state index >= 15 is 0 Å². The van der Waals surface area contributed by atoms with Gasteiger partial charge in [-0.15, -0.1) is 12.3 Å². The number of anilines is 1. The average Bonchev–Trinajstić information content (AvgIpc) is 2.27. The lowest BCUT2D eigenvalue weighted by molar-refractivity contribution is -0.386. The van der Waals surface area contributed by atoms with E-state index in [2.05, 4.69) is 11.2 Å². The lowest BCUT2D eigenvalue weighted by atomic mass is 10.2. The van der Waals surface area contributed by atoms with Gasteiger partial charge in [-0.1, -0.05) is 0 Å². The summed E-state index contributed by atoms with van der Waals surface area (Å²) in [6.45, 7) is 0.366. The molecule has 0 radical (unpaired) electrons. The molecular formula is C12H12F2N2O2. The minimum atomic E-state index is -1.19. The maximum absolute atomic E-state index is 13.2. The molecule has 0 amide bonds. The fourth-order valence-corrected chi connectivity index (χ4v) is 1.46. The van der Waals surface area contributed by atoms with Gasteiger partial charge >= 0.3 is 5.69 Å². The summed E-state index contributed by atoms with van der Waals surface area (Å²) in [7, 11) is 0. The van der Waals surface area contributed by atoms with Gasteiger partial charge in [0, 0.05) is 25.1 Å². The van der Waals surface area contributed by atoms with Gasteiger partial charge in [-0.2, -0.15) is 4.39 Å². The molecule has 1 aromatic carbocycles. The number of unbranched alkanes of at least 4 members (excludes halogenated alkanes) is 2. The van der Waals surface area contributed by atoms with Crippen molar-refractivity contribution in [2.24, 2.45) is 0 Å². The first-order valence-electron chi connectivity index (χ1n) is 5.37. The van der Waals surface area contributed by atoms with Crippen molar-refractivity contribution in [2.75, 3.05) is 11.9 Å². The Morgan fingerprint density at radius 3 is 2.72 bits per heavy atom. The largest absolute Gasteiger partial charge is 0.379 e. The number of terminal acetylenes is 1. The van der Waals surface area contributed by atoms with Crippen molar-refractivity contribution in [3.63, 3.8) is 0 Å². The summed E-state index contributed by atoms with van der Waals surface area (Å²) < 4.78 is 26.2. The van der Waals surface area contributed by atoms with E-state index in [0.717, 1.165) is 12.5 Å². The number of nitro groups is 1. The van der Waals surface area contributed by atoms with Gasteiger partial charge in [-0.05, 0) is 12.8 Å². The van der Waals surface area contributed by atoms with Gasteiger partial charge in [0.15, 0.2) is 0 Å². The van der Waals surface area contributed by atoms with E-state index in [0.29, 0.717) is 25.5 Å². The van der Waals surface area contributed by atoms with Gasteiger partial charge in [-0.25, -0.2) is 4.39 Å². The Hall–Kier alpha value is -2.16. The molecule has 0 bridgehead atoms. The third-order valence-corrected chi connectivity index (χ3v) is 2.27. The summed E-state index contributed by atoms with van der Waals surface area (Å²) in [6, 6.07) is 1.39. The first kappa shape index (κ1) is 13.9. The van der Waals surface area contributed by atoms with Crippen LogP contribution in [0.4, 0.5) is 20.2 Å². The number of nitrogens with one attached hydrogen (secondary N) is 1. The SMILES string of the molecule is C#CCCCCNc1cc(F)cc(F)c1[N+](=O)[O-]. The van der Waals surface area contributed by atoms with Crippen LogP contribution in [0.15, 0.2) is 12.1 Å². The molecule has 0 unspecified atom stereocenters. The van der Waals surface area contributed by atoms with E-state index in [9.17, 15) is 18.9 Å². The number of hydrogen-bond acceptors (Lipinski definition) is 3. The van der Waals surface area contributed by atoms with Crippen molar-refractivity contribution >= 4 is 11.4 Å². The van der Waals surface area contributed by atoms with Crippen LogP contribution in [0.25, 0.3) is 0 Å². The van der Waals surface area contributed by atoms with Crippen LogP contribution in [0, 0.1) is 34.1 Å². The quantitative estimate of drug-likeness (QED) is 0.367. The van der Waals surface area contributed by atoms with Crippen LogP contribution in [0.1, 0.15) is 19.3 Å². The molecule has 0 aliphatic rings. The van der Waals surface area contributed by atoms with E-state index in [-0.39, 0.29) is 5.69 Å². The van der Waals surface area contributed by atoms with Gasteiger partial charge in [0.2, 0.25) is 5.82 Å². The Balaban J connectivity index is 2.75. The molecule has 0 aliphatic carbocycles. The summed E-state index contributed by atoms with van der Waals surface area (Å²) in [4.78, 5) is 9.79. The van der Waals surface area contributed by atoms with Gasteiger partial charge in [0.25, 0.3) is 0 Å². The van der Waals surface area contributed by atoms with Crippen molar-refractivity contribution < 1.29 is 13.7 Å². The minimum Gasteiger partial charge on any atom is -0.379 e. The molecule has 0 saturated carbocycles. The number of nitrogens with zero attached hydrogens (tertiary/aromatic N) is 1. The number of nitro benzene ring substituents is 1. The zero-order valence-corrected chi connectivity index (χ0v) is 9.58. The Labute approximate surface area is 103 Å². The monoisotopic (exact) mass is 254 g/mol. The van der Waals surface area contributed by atoms with Crippen LogP contribution >= 0.6 is 0 Å². The maximum Gasteiger partial charge on any atom is 0.327 e. The van der Waals surface area contributed by atoms with Crippen molar-refractivity contribution in [2.45, 2.75) is 19.3 Å². The highest BCUT2D eigenvalue weighted by atomic mass is 19.1. The molecule has 6 heteroatoms. The highest BCUT2D eigenvalue weighted by molar-refractivity contribution is 5.62. The van der Waals surface area contributed by atoms with E-state index in [1.54, 1.807) is 0 Å². The van der Waals surface area contributed by atoms with Crippen LogP contribution < -0.4 is 5.32 Å². The molecule has 1 N–H and O–H groups in total. The molecule has 18 heavy (non-hydrogen) atoms. The third-order valence-electron chi connectivity index (χ3n) is 2.27. The van der Waals surface area contributed by atoms with E-state index in [1.165, 1.54) is 0 Å². The van der Waals surface area contributed by atoms with Crippen molar-refractivity contribution in [3.05, 3.63) is 33.9 Å². The fourth-order valence-electron chi connectivity index (χ4n) is 1.46. The van der Waals surface area contributed by atoms with Crippen LogP contribution in [0.3, 0.4) is 0 Å². The molecule has 1 rings (SSSR count). The molecule has 0 aliphatic heterocycles. The van der Waals surface area contributed by atoms with E-state index < -0.39 is 22.2 Å². The molecule has 96 valence electrons. The summed E-state index contributed by atoms with van der Waals surface area (Å²) in [5.74, 6) is 0.412. The zero-order valence-electron chi connectivity index (χ0n) is 9.58. The highest BCUT2D eigenvalue weighted by Gasteiger charge is 2.21. The molecule has 0 spiro atoms. The number of halogens is 2. The van der Waals surface area contributed by atoms with Crippen molar-refractivity contribution in [3.8, 4) is 12.3 Å². The Morgan fingerprint density at radius 2 is 2.11 bits per heavy atom. The molecule has 0 heterocycles. The lowest BCUT2D eigenvalue weighted by Gasteiger charge is -2.07. The average molecular weight is 254 g/mol. The summed E-state index contributed by atoms with van der Waals surface area (Å²) in [5, 5.41) is 13.3. The molecule has 0 saturated heterocycles. The summed E-state index contributed by atoms with van der Waals surface area (Å²) in [5.41, 5.74) is -0.897. The summed E-state index contributed by atoms with van der Waals surface area (Å²) in [6.07, 6.45) is 7.08. The Bertz CT molecular complexity index is 484. The second-order valence-corrected chi connectivity index (χ2v) is 3.63. The van der Waals surface area contributed by atoms with Crippen LogP contribution in [0.2, 0.25) is 0 Å². The predicted molar refractivity (Wildman–Crippen MR) is 64.2 cm³/mol. The third kappa shape index (κ3) is 3.70. The molecule has 0 aromatic heterocycles. The zero-order chi connectivity index (χ0) is 13.5. The topological polar surface area (TPSA) is 55.2 Å². The van der Waals surface area contributed by atoms with Crippen molar-refractivity contribution in [1.29, 1.82) is 0 Å². The van der Waals surface area contributed by atoms with Crippen LogP contribution in [-0.4, -0.2) is 11.5 Å². The minimum absolute atomic E-state index is 0.154. The smallest absolute Gasteiger partial charge is 0.327 e. The second kappa shape index (κ2) is 6.55. The van der Waals surface area contributed by atoms with Gasteiger partial charge in [0.05, 0.1) is 4.92 Å². The molecule has 0 fully saturated rings. The van der Waals surface area contributed by atoms with Crippen LogP contribution in [-0.2, 0) is 0 Å². The molecule has 1 aromatic rings. The standard InChI is InChI=1S/C12H12F2N2O2/c1-2-3-4-5-6-15-11-8-9(13)7-10(14)12(11)16(17)18/h1,7-8,15H,3-6H2. The molecular weight excluding hydrogens is 242 g/mol. The number of rotatable bonds is 6. The van der Waals surface area contributed by atoms with Crippen molar-refractivity contribution in [1.82, 2.24) is 0 Å². The maximum atomic E-state index is 13.2. The normalized spacial score (nSPS) is 9.83. The number of benzene rings is 1. The van der Waals surface area contributed by atoms with Gasteiger partial charge in [0.1, 0.15) is 11.5 Å². The molecule has 0 atom stereocenters. The van der Waals surface area contributed by atoms with Gasteiger partial charge in [-0.3, -0.25) is 10.1 Å². The summed E-state index contributed by atoms with van der Waals surface area (Å²) >= 11 is 0. The van der Waals surface area contributed by atoms with E-state index in [4.69, 9.17) is 6.42 Å². The van der Waals surface area contributed by atoms with Crippen LogP contribution in [0.5, 0.6) is 0 Å². The number of hydrogen-bond donors (Lipinski definition) is 1. The Kier molecular flexibility index (Phi) is 5.06. The van der Waals surface area contributed by atoms with E-state index in [1.807, 2.05) is 0 Å². The predicted octanol–water partition coefficient (Wildman–Crippen LogP) is 3.09. The lowest BCUT2D eigenvalue weighted by Crippen LogP contribution is -2.06. The second-order valence-electron chi connectivity index (χ2n) is 3.63. The first-order chi connectivity index (χ1) is 8.56. The van der Waals surface area contributed by atoms with Gasteiger partial charge < -0.3 is 5.32 Å². The molecule has 4 nitrogen and oxygen atoms in total.